The molecule has 122 valence electrons. The van der Waals surface area contributed by atoms with Gasteiger partial charge in [0, 0.05) is 25.2 Å². The van der Waals surface area contributed by atoms with Gasteiger partial charge in [-0.15, -0.1) is 0 Å². The number of rotatable bonds is 3. The normalized spacial score (nSPS) is 30.8. The highest BCUT2D eigenvalue weighted by molar-refractivity contribution is 5.19. The summed E-state index contributed by atoms with van der Waals surface area (Å²) in [5, 5.41) is 10.7. The third kappa shape index (κ3) is 3.16. The summed E-state index contributed by atoms with van der Waals surface area (Å²) in [7, 11) is 0. The third-order valence-electron chi connectivity index (χ3n) is 5.09. The van der Waals surface area contributed by atoms with E-state index in [0.717, 1.165) is 19.2 Å². The molecule has 1 aromatic rings. The molecule has 0 bridgehead atoms. The zero-order chi connectivity index (χ0) is 15.7. The second kappa shape index (κ2) is 6.22. The first kappa shape index (κ1) is 15.8. The lowest BCUT2D eigenvalue weighted by molar-refractivity contribution is -0.0777. The van der Waals surface area contributed by atoms with Crippen molar-refractivity contribution in [2.24, 2.45) is 0 Å². The number of hydrogen-bond donors (Lipinski definition) is 1. The summed E-state index contributed by atoms with van der Waals surface area (Å²) in [6, 6.07) is 4.40. The fourth-order valence-corrected chi connectivity index (χ4v) is 3.70. The van der Waals surface area contributed by atoms with Gasteiger partial charge in [-0.05, 0) is 45.3 Å². The number of likely N-dealkylation sites (tertiary alicyclic amines) is 2. The van der Waals surface area contributed by atoms with Gasteiger partial charge >= 0.3 is 0 Å². The summed E-state index contributed by atoms with van der Waals surface area (Å²) in [4.78, 5) is 4.47. The molecule has 2 saturated heterocycles. The lowest BCUT2D eigenvalue weighted by Gasteiger charge is -2.46. The summed E-state index contributed by atoms with van der Waals surface area (Å²) < 4.78 is 27.2. The van der Waals surface area contributed by atoms with Crippen molar-refractivity contribution in [1.82, 2.24) is 9.80 Å². The molecule has 0 aliphatic carbocycles. The molecular weight excluding hydrogens is 286 g/mol. The van der Waals surface area contributed by atoms with Crippen LogP contribution in [0.4, 0.5) is 8.78 Å². The Bertz CT molecular complexity index is 529. The van der Waals surface area contributed by atoms with E-state index in [1.54, 1.807) is 12.1 Å². The summed E-state index contributed by atoms with van der Waals surface area (Å²) in [6.45, 7) is 5.72. The van der Waals surface area contributed by atoms with Gasteiger partial charge in [0.2, 0.25) is 0 Å². The topological polar surface area (TPSA) is 26.7 Å². The maximum atomic E-state index is 13.8. The van der Waals surface area contributed by atoms with Gasteiger partial charge in [-0.25, -0.2) is 8.78 Å². The van der Waals surface area contributed by atoms with Crippen LogP contribution in [0.2, 0.25) is 0 Å². The Morgan fingerprint density at radius 3 is 2.68 bits per heavy atom. The van der Waals surface area contributed by atoms with Crippen molar-refractivity contribution in [3.8, 4) is 0 Å². The van der Waals surface area contributed by atoms with Crippen molar-refractivity contribution in [3.63, 3.8) is 0 Å². The lowest BCUT2D eigenvalue weighted by atomic mass is 9.87. The van der Waals surface area contributed by atoms with Crippen molar-refractivity contribution < 1.29 is 13.9 Å². The van der Waals surface area contributed by atoms with E-state index in [0.29, 0.717) is 31.6 Å². The van der Waals surface area contributed by atoms with Crippen LogP contribution in [0.25, 0.3) is 0 Å². The molecule has 22 heavy (non-hydrogen) atoms. The monoisotopic (exact) mass is 310 g/mol. The van der Waals surface area contributed by atoms with Crippen molar-refractivity contribution in [3.05, 3.63) is 35.4 Å². The van der Waals surface area contributed by atoms with Crippen LogP contribution in [-0.2, 0) is 6.54 Å². The van der Waals surface area contributed by atoms with Crippen LogP contribution in [0.1, 0.15) is 31.7 Å². The highest BCUT2D eigenvalue weighted by atomic mass is 19.2. The lowest BCUT2D eigenvalue weighted by Crippen LogP contribution is -2.60. The van der Waals surface area contributed by atoms with Crippen LogP contribution in [0.3, 0.4) is 0 Å². The molecule has 2 aliphatic rings. The zero-order valence-electron chi connectivity index (χ0n) is 13.1. The molecule has 0 saturated carbocycles. The van der Waals surface area contributed by atoms with E-state index in [1.807, 2.05) is 6.92 Å². The first-order valence-electron chi connectivity index (χ1n) is 8.09. The number of nitrogens with zero attached hydrogens (tertiary/aromatic N) is 2. The highest BCUT2D eigenvalue weighted by Gasteiger charge is 2.41. The molecule has 0 aromatic heterocycles. The molecule has 0 amide bonds. The van der Waals surface area contributed by atoms with E-state index < -0.39 is 17.2 Å². The van der Waals surface area contributed by atoms with E-state index in [4.69, 9.17) is 0 Å². The Kier molecular flexibility index (Phi) is 4.48. The molecule has 0 radical (unpaired) electrons. The van der Waals surface area contributed by atoms with Crippen LogP contribution in [0, 0.1) is 11.6 Å². The van der Waals surface area contributed by atoms with E-state index in [9.17, 15) is 13.9 Å². The quantitative estimate of drug-likeness (QED) is 0.928. The van der Waals surface area contributed by atoms with Crippen molar-refractivity contribution in [2.75, 3.05) is 26.2 Å². The molecule has 5 heteroatoms. The number of benzene rings is 1. The molecule has 2 heterocycles. The SMILES string of the molecule is C[C@@]1(O)CCN(Cc2cccc(F)c2F)C[C@H]1N1CCCC1. The highest BCUT2D eigenvalue weighted by Crippen LogP contribution is 2.29. The van der Waals surface area contributed by atoms with Gasteiger partial charge in [-0.2, -0.15) is 0 Å². The third-order valence-corrected chi connectivity index (χ3v) is 5.09. The second-order valence-electron chi connectivity index (χ2n) is 6.81. The second-order valence-corrected chi connectivity index (χ2v) is 6.81. The van der Waals surface area contributed by atoms with Gasteiger partial charge in [0.25, 0.3) is 0 Å². The summed E-state index contributed by atoms with van der Waals surface area (Å²) in [5.41, 5.74) is -0.317. The number of piperidine rings is 1. The smallest absolute Gasteiger partial charge is 0.163 e. The van der Waals surface area contributed by atoms with Crippen LogP contribution in [0.5, 0.6) is 0 Å². The molecule has 2 atom stereocenters. The van der Waals surface area contributed by atoms with Gasteiger partial charge in [0.1, 0.15) is 0 Å². The van der Waals surface area contributed by atoms with Crippen LogP contribution in [-0.4, -0.2) is 52.7 Å². The maximum Gasteiger partial charge on any atom is 0.163 e. The van der Waals surface area contributed by atoms with Crippen molar-refractivity contribution in [1.29, 1.82) is 0 Å². The first-order valence-corrected chi connectivity index (χ1v) is 8.09. The minimum Gasteiger partial charge on any atom is -0.388 e. The molecule has 2 aliphatic heterocycles. The van der Waals surface area contributed by atoms with Crippen LogP contribution < -0.4 is 0 Å². The van der Waals surface area contributed by atoms with E-state index in [-0.39, 0.29) is 6.04 Å². The molecule has 3 nitrogen and oxygen atoms in total. The summed E-state index contributed by atoms with van der Waals surface area (Å²) >= 11 is 0. The Morgan fingerprint density at radius 1 is 1.23 bits per heavy atom. The molecule has 1 aromatic carbocycles. The molecule has 1 N–H and O–H groups in total. The maximum absolute atomic E-state index is 13.8. The largest absolute Gasteiger partial charge is 0.388 e. The molecule has 2 fully saturated rings. The van der Waals surface area contributed by atoms with Crippen molar-refractivity contribution in [2.45, 2.75) is 44.4 Å². The minimum absolute atomic E-state index is 0.0698. The number of hydrogen-bond acceptors (Lipinski definition) is 3. The minimum atomic E-state index is -0.794. The fourth-order valence-electron chi connectivity index (χ4n) is 3.70. The predicted molar refractivity (Wildman–Crippen MR) is 81.5 cm³/mol. The molecule has 0 unspecified atom stereocenters. The van der Waals surface area contributed by atoms with E-state index >= 15 is 0 Å². The summed E-state index contributed by atoms with van der Waals surface area (Å²) in [6.07, 6.45) is 3.00. The Labute approximate surface area is 130 Å². The number of aliphatic hydroxyl groups is 1. The Hall–Kier alpha value is -1.04. The van der Waals surface area contributed by atoms with Crippen LogP contribution in [0.15, 0.2) is 18.2 Å². The Balaban J connectivity index is 1.71. The van der Waals surface area contributed by atoms with Gasteiger partial charge in [-0.3, -0.25) is 9.80 Å². The average molecular weight is 310 g/mol. The Morgan fingerprint density at radius 2 is 1.95 bits per heavy atom. The van der Waals surface area contributed by atoms with Gasteiger partial charge < -0.3 is 5.11 Å². The van der Waals surface area contributed by atoms with Crippen molar-refractivity contribution >= 4 is 0 Å². The fraction of sp³-hybridized carbons (Fsp3) is 0.647. The number of halogens is 2. The first-order chi connectivity index (χ1) is 10.5. The standard InChI is InChI=1S/C17H24F2N2O/c1-17(22)7-10-20(12-15(17)21-8-2-3-9-21)11-13-5-4-6-14(18)16(13)19/h4-6,15,22H,2-3,7-12H2,1H3/t15-,17-/m1/s1. The molecule has 0 spiro atoms. The van der Waals surface area contributed by atoms with Gasteiger partial charge in [0.15, 0.2) is 11.6 Å². The zero-order valence-corrected chi connectivity index (χ0v) is 13.1. The molecule has 3 rings (SSSR count). The summed E-state index contributed by atoms with van der Waals surface area (Å²) in [5.74, 6) is -1.55. The van der Waals surface area contributed by atoms with Crippen LogP contribution >= 0.6 is 0 Å². The average Bonchev–Trinajstić information content (AvgIpc) is 2.99. The van der Waals surface area contributed by atoms with Gasteiger partial charge in [-0.1, -0.05) is 12.1 Å². The predicted octanol–water partition coefficient (Wildman–Crippen LogP) is 2.39. The van der Waals surface area contributed by atoms with Gasteiger partial charge in [0.05, 0.1) is 11.6 Å². The van der Waals surface area contributed by atoms with E-state index in [1.165, 1.54) is 12.8 Å². The van der Waals surface area contributed by atoms with E-state index in [2.05, 4.69) is 9.80 Å². The molecular formula is C17H24F2N2O.